The monoisotopic (exact) mass is 478 g/mol. The van der Waals surface area contributed by atoms with Gasteiger partial charge in [0.15, 0.2) is 0 Å². The number of hydrogen-bond acceptors (Lipinski definition) is 5. The zero-order chi connectivity index (χ0) is 24.2. The van der Waals surface area contributed by atoms with Crippen molar-refractivity contribution in [2.24, 2.45) is 11.3 Å². The number of nitrogens with zero attached hydrogens (tertiary/aromatic N) is 3. The summed E-state index contributed by atoms with van der Waals surface area (Å²) >= 11 is 0. The van der Waals surface area contributed by atoms with E-state index >= 15 is 0 Å². The van der Waals surface area contributed by atoms with Crippen LogP contribution in [0.1, 0.15) is 49.9 Å². The van der Waals surface area contributed by atoms with Crippen molar-refractivity contribution in [2.75, 3.05) is 53.4 Å². The first-order valence-electron chi connectivity index (χ1n) is 11.8. The van der Waals surface area contributed by atoms with E-state index in [4.69, 9.17) is 0 Å². The fourth-order valence-electron chi connectivity index (χ4n) is 4.76. The van der Waals surface area contributed by atoms with Crippen molar-refractivity contribution >= 4 is 21.8 Å². The zero-order valence-corrected chi connectivity index (χ0v) is 21.2. The molecule has 3 rings (SSSR count). The van der Waals surface area contributed by atoms with Gasteiger partial charge in [-0.25, -0.2) is 8.42 Å². The van der Waals surface area contributed by atoms with Crippen LogP contribution in [0.2, 0.25) is 0 Å². The van der Waals surface area contributed by atoms with Crippen LogP contribution in [0.15, 0.2) is 29.2 Å². The number of likely N-dealkylation sites (tertiary alicyclic amines) is 1. The molecule has 0 saturated carbocycles. The molecule has 1 aromatic rings. The lowest BCUT2D eigenvalue weighted by molar-refractivity contribution is -0.126. The minimum absolute atomic E-state index is 0.00968. The molecular weight excluding hydrogens is 440 g/mol. The first-order chi connectivity index (χ1) is 15.5. The fourth-order valence-corrected chi connectivity index (χ4v) is 6.27. The highest BCUT2D eigenvalue weighted by atomic mass is 32.2. The SMILES string of the molecule is CN(C)CC(C)(C)CNC(=O)C1CCN(C(=O)c2ccc(S(=O)(=O)N3CCCC3)cc2)CC1. The molecule has 2 amide bonds. The molecule has 1 N–H and O–H groups in total. The Morgan fingerprint density at radius 1 is 1.03 bits per heavy atom. The summed E-state index contributed by atoms with van der Waals surface area (Å²) in [7, 11) is 0.564. The summed E-state index contributed by atoms with van der Waals surface area (Å²) < 4.78 is 26.9. The molecule has 8 nitrogen and oxygen atoms in total. The van der Waals surface area contributed by atoms with Gasteiger partial charge in [0, 0.05) is 50.7 Å². The number of carbonyl (C=O) groups is 2. The summed E-state index contributed by atoms with van der Waals surface area (Å²) in [6.45, 7) is 7.93. The second kappa shape index (κ2) is 10.5. The first-order valence-corrected chi connectivity index (χ1v) is 13.3. The van der Waals surface area contributed by atoms with Crippen molar-refractivity contribution in [1.82, 2.24) is 19.4 Å². The Morgan fingerprint density at radius 3 is 2.15 bits per heavy atom. The summed E-state index contributed by atoms with van der Waals surface area (Å²) in [5.41, 5.74) is 0.466. The predicted molar refractivity (Wildman–Crippen MR) is 128 cm³/mol. The third kappa shape index (κ3) is 6.55. The van der Waals surface area contributed by atoms with Crippen molar-refractivity contribution in [3.05, 3.63) is 29.8 Å². The minimum Gasteiger partial charge on any atom is -0.355 e. The Morgan fingerprint density at radius 2 is 1.61 bits per heavy atom. The van der Waals surface area contributed by atoms with Crippen LogP contribution in [-0.4, -0.2) is 87.7 Å². The molecule has 2 aliphatic rings. The summed E-state index contributed by atoms with van der Waals surface area (Å²) in [6, 6.07) is 6.24. The molecule has 2 fully saturated rings. The lowest BCUT2D eigenvalue weighted by Gasteiger charge is -2.33. The lowest BCUT2D eigenvalue weighted by atomic mass is 9.91. The molecular formula is C24H38N4O4S. The van der Waals surface area contributed by atoms with Crippen LogP contribution in [0.4, 0.5) is 0 Å². The van der Waals surface area contributed by atoms with E-state index in [0.717, 1.165) is 19.4 Å². The molecule has 9 heteroatoms. The molecule has 0 unspecified atom stereocenters. The third-order valence-electron chi connectivity index (χ3n) is 6.44. The standard InChI is InChI=1S/C24H38N4O4S/c1-24(2,18-26(3)4)17-25-22(29)19-11-15-27(16-12-19)23(30)20-7-9-21(10-8-20)33(31,32)28-13-5-6-14-28/h7-10,19H,5-6,11-18H2,1-4H3,(H,25,29). The number of hydrogen-bond donors (Lipinski definition) is 1. The van der Waals surface area contributed by atoms with Crippen LogP contribution in [-0.2, 0) is 14.8 Å². The van der Waals surface area contributed by atoms with E-state index in [1.807, 2.05) is 14.1 Å². The topological polar surface area (TPSA) is 90.0 Å². The highest BCUT2D eigenvalue weighted by molar-refractivity contribution is 7.89. The minimum atomic E-state index is -3.48. The van der Waals surface area contributed by atoms with Gasteiger partial charge < -0.3 is 15.1 Å². The number of piperidine rings is 1. The van der Waals surface area contributed by atoms with Gasteiger partial charge >= 0.3 is 0 Å². The molecule has 0 radical (unpaired) electrons. The van der Waals surface area contributed by atoms with E-state index < -0.39 is 10.0 Å². The Labute approximate surface area is 198 Å². The lowest BCUT2D eigenvalue weighted by Crippen LogP contribution is -2.46. The molecule has 1 aromatic carbocycles. The number of amides is 2. The van der Waals surface area contributed by atoms with Gasteiger partial charge in [0.2, 0.25) is 15.9 Å². The van der Waals surface area contributed by atoms with Crippen LogP contribution in [0, 0.1) is 11.3 Å². The third-order valence-corrected chi connectivity index (χ3v) is 8.36. The number of nitrogens with one attached hydrogen (secondary N) is 1. The van der Waals surface area contributed by atoms with Crippen LogP contribution < -0.4 is 5.32 Å². The Hall–Kier alpha value is -1.97. The van der Waals surface area contributed by atoms with Gasteiger partial charge in [0.05, 0.1) is 4.90 Å². The van der Waals surface area contributed by atoms with E-state index in [-0.39, 0.29) is 28.0 Å². The smallest absolute Gasteiger partial charge is 0.253 e. The molecule has 2 aliphatic heterocycles. The van der Waals surface area contributed by atoms with Crippen molar-refractivity contribution in [1.29, 1.82) is 0 Å². The average Bonchev–Trinajstić information content (AvgIpc) is 3.32. The van der Waals surface area contributed by atoms with Crippen LogP contribution >= 0.6 is 0 Å². The van der Waals surface area contributed by atoms with Gasteiger partial charge in [-0.2, -0.15) is 4.31 Å². The van der Waals surface area contributed by atoms with Gasteiger partial charge in [-0.05, 0) is 69.5 Å². The molecule has 0 aromatic heterocycles. The molecule has 184 valence electrons. The maximum absolute atomic E-state index is 12.9. The quantitative estimate of drug-likeness (QED) is 0.618. The normalized spacial score (nSPS) is 18.6. The Kier molecular flexibility index (Phi) is 8.18. The van der Waals surface area contributed by atoms with E-state index in [1.165, 1.54) is 16.4 Å². The van der Waals surface area contributed by atoms with Crippen LogP contribution in [0.25, 0.3) is 0 Å². The number of rotatable bonds is 8. The Balaban J connectivity index is 1.51. The highest BCUT2D eigenvalue weighted by Crippen LogP contribution is 2.23. The van der Waals surface area contributed by atoms with Crippen molar-refractivity contribution in [2.45, 2.75) is 44.4 Å². The zero-order valence-electron chi connectivity index (χ0n) is 20.3. The van der Waals surface area contributed by atoms with Gasteiger partial charge in [0.1, 0.15) is 0 Å². The maximum Gasteiger partial charge on any atom is 0.253 e. The average molecular weight is 479 g/mol. The summed E-state index contributed by atoms with van der Waals surface area (Å²) in [4.78, 5) is 29.6. The van der Waals surface area contributed by atoms with Crippen molar-refractivity contribution < 1.29 is 18.0 Å². The maximum atomic E-state index is 12.9. The van der Waals surface area contributed by atoms with Crippen molar-refractivity contribution in [3.63, 3.8) is 0 Å². The van der Waals surface area contributed by atoms with E-state index in [1.54, 1.807) is 17.0 Å². The highest BCUT2D eigenvalue weighted by Gasteiger charge is 2.30. The summed E-state index contributed by atoms with van der Waals surface area (Å²) in [5.74, 6) is -0.145. The number of carbonyl (C=O) groups excluding carboxylic acids is 2. The van der Waals surface area contributed by atoms with Gasteiger partial charge in [-0.3, -0.25) is 9.59 Å². The van der Waals surface area contributed by atoms with Gasteiger partial charge in [0.25, 0.3) is 5.91 Å². The van der Waals surface area contributed by atoms with E-state index in [0.29, 0.717) is 51.1 Å². The molecule has 2 heterocycles. The first kappa shape index (κ1) is 25.6. The molecule has 33 heavy (non-hydrogen) atoms. The molecule has 2 saturated heterocycles. The summed E-state index contributed by atoms with van der Waals surface area (Å²) in [5, 5.41) is 3.09. The largest absolute Gasteiger partial charge is 0.355 e. The number of benzene rings is 1. The van der Waals surface area contributed by atoms with E-state index in [9.17, 15) is 18.0 Å². The second-order valence-electron chi connectivity index (χ2n) is 10.3. The van der Waals surface area contributed by atoms with Crippen LogP contribution in [0.3, 0.4) is 0 Å². The number of sulfonamides is 1. The summed E-state index contributed by atoms with van der Waals surface area (Å²) in [6.07, 6.45) is 3.04. The van der Waals surface area contributed by atoms with E-state index in [2.05, 4.69) is 24.1 Å². The van der Waals surface area contributed by atoms with Crippen LogP contribution in [0.5, 0.6) is 0 Å². The molecule has 0 spiro atoms. The Bertz CT molecular complexity index is 930. The van der Waals surface area contributed by atoms with Gasteiger partial charge in [-0.15, -0.1) is 0 Å². The van der Waals surface area contributed by atoms with Crippen molar-refractivity contribution in [3.8, 4) is 0 Å². The predicted octanol–water partition coefficient (Wildman–Crippen LogP) is 2.03. The molecule has 0 aliphatic carbocycles. The fraction of sp³-hybridized carbons (Fsp3) is 0.667. The molecule has 0 atom stereocenters. The molecule has 0 bridgehead atoms. The van der Waals surface area contributed by atoms with Gasteiger partial charge in [-0.1, -0.05) is 13.8 Å². The second-order valence-corrected chi connectivity index (χ2v) is 12.3.